The van der Waals surface area contributed by atoms with Crippen molar-refractivity contribution in [1.82, 2.24) is 20.4 Å². The van der Waals surface area contributed by atoms with Crippen molar-refractivity contribution in [1.29, 1.82) is 0 Å². The number of nitrogens with zero attached hydrogens (tertiary/aromatic N) is 3. The molecule has 1 aromatic heterocycles. The summed E-state index contributed by atoms with van der Waals surface area (Å²) in [7, 11) is 3.29. The molecule has 0 fully saturated rings. The fraction of sp³-hybridized carbons (Fsp3) is 0.471. The Morgan fingerprint density at radius 1 is 1.37 bits per heavy atom. The Kier molecular flexibility index (Phi) is 7.31. The Bertz CT molecular complexity index is 749. The minimum Gasteiger partial charge on any atom is -0.385 e. The zero-order valence-corrected chi connectivity index (χ0v) is 15.0. The first kappa shape index (κ1) is 20.8. The SMILES string of the molecule is COCCCNC(=O)CN(C)Cc1nc(-c2cccc(C(F)(F)F)c2)no1. The normalized spacial score (nSPS) is 11.8. The summed E-state index contributed by atoms with van der Waals surface area (Å²) >= 11 is 0. The van der Waals surface area contributed by atoms with Crippen LogP contribution in [0.2, 0.25) is 0 Å². The van der Waals surface area contributed by atoms with E-state index in [2.05, 4.69) is 15.5 Å². The van der Waals surface area contributed by atoms with Gasteiger partial charge in [-0.15, -0.1) is 0 Å². The summed E-state index contributed by atoms with van der Waals surface area (Å²) in [5.74, 6) is 0.108. The van der Waals surface area contributed by atoms with Crippen LogP contribution in [0, 0.1) is 0 Å². The molecule has 27 heavy (non-hydrogen) atoms. The van der Waals surface area contributed by atoms with Crippen LogP contribution in [0.4, 0.5) is 13.2 Å². The number of aromatic nitrogens is 2. The van der Waals surface area contributed by atoms with E-state index in [9.17, 15) is 18.0 Å². The second kappa shape index (κ2) is 9.47. The molecular weight excluding hydrogens is 365 g/mol. The van der Waals surface area contributed by atoms with Crippen LogP contribution in [0.1, 0.15) is 17.9 Å². The van der Waals surface area contributed by atoms with E-state index >= 15 is 0 Å². The molecule has 0 bridgehead atoms. The Labute approximate surface area is 154 Å². The molecular formula is C17H21F3N4O3. The number of ether oxygens (including phenoxy) is 1. The van der Waals surface area contributed by atoms with Crippen LogP contribution in [0.5, 0.6) is 0 Å². The Morgan fingerprint density at radius 3 is 2.85 bits per heavy atom. The lowest BCUT2D eigenvalue weighted by atomic mass is 10.1. The molecule has 148 valence electrons. The second-order valence-electron chi connectivity index (χ2n) is 5.96. The van der Waals surface area contributed by atoms with Crippen molar-refractivity contribution in [3.05, 3.63) is 35.7 Å². The number of methoxy groups -OCH3 is 1. The molecule has 1 N–H and O–H groups in total. The van der Waals surface area contributed by atoms with Crippen LogP contribution in [0.15, 0.2) is 28.8 Å². The van der Waals surface area contributed by atoms with E-state index in [0.29, 0.717) is 13.2 Å². The van der Waals surface area contributed by atoms with Gasteiger partial charge >= 0.3 is 6.18 Å². The third-order valence-corrected chi connectivity index (χ3v) is 3.58. The van der Waals surface area contributed by atoms with Crippen LogP contribution >= 0.6 is 0 Å². The lowest BCUT2D eigenvalue weighted by Crippen LogP contribution is -2.35. The van der Waals surface area contributed by atoms with Crippen LogP contribution in [0.25, 0.3) is 11.4 Å². The van der Waals surface area contributed by atoms with Crippen molar-refractivity contribution < 1.29 is 27.2 Å². The Morgan fingerprint density at radius 2 is 2.15 bits per heavy atom. The molecule has 1 amide bonds. The first-order valence-electron chi connectivity index (χ1n) is 8.24. The molecule has 1 heterocycles. The molecule has 0 saturated heterocycles. The minimum absolute atomic E-state index is 0.0634. The first-order chi connectivity index (χ1) is 12.8. The summed E-state index contributed by atoms with van der Waals surface area (Å²) in [6, 6.07) is 4.70. The highest BCUT2D eigenvalue weighted by Crippen LogP contribution is 2.31. The molecule has 1 aromatic carbocycles. The number of rotatable bonds is 9. The summed E-state index contributed by atoms with van der Waals surface area (Å²) in [5, 5.41) is 6.47. The number of benzene rings is 1. The van der Waals surface area contributed by atoms with Crippen LogP contribution in [-0.2, 0) is 22.3 Å². The third-order valence-electron chi connectivity index (χ3n) is 3.58. The number of carbonyl (C=O) groups excluding carboxylic acids is 1. The molecule has 0 atom stereocenters. The highest BCUT2D eigenvalue weighted by molar-refractivity contribution is 5.77. The number of likely N-dealkylation sites (N-methyl/N-ethyl adjacent to an activating group) is 1. The molecule has 0 aliphatic carbocycles. The summed E-state index contributed by atoms with van der Waals surface area (Å²) < 4.78 is 48.4. The number of hydrogen-bond donors (Lipinski definition) is 1. The maximum Gasteiger partial charge on any atom is 0.416 e. The van der Waals surface area contributed by atoms with Gasteiger partial charge in [-0.05, 0) is 25.6 Å². The minimum atomic E-state index is -4.45. The summed E-state index contributed by atoms with van der Waals surface area (Å²) in [6.45, 7) is 1.39. The summed E-state index contributed by atoms with van der Waals surface area (Å²) in [5.41, 5.74) is -0.577. The third kappa shape index (κ3) is 6.65. The number of hydrogen-bond acceptors (Lipinski definition) is 6. The van der Waals surface area contributed by atoms with Crippen molar-refractivity contribution >= 4 is 5.91 Å². The van der Waals surface area contributed by atoms with E-state index in [1.165, 1.54) is 12.1 Å². The predicted molar refractivity (Wildman–Crippen MR) is 90.6 cm³/mol. The summed E-state index contributed by atoms with van der Waals surface area (Å²) in [6.07, 6.45) is -3.73. The van der Waals surface area contributed by atoms with Crippen LogP contribution in [0.3, 0.4) is 0 Å². The molecule has 0 radical (unpaired) electrons. The van der Waals surface area contributed by atoms with Gasteiger partial charge in [-0.25, -0.2) is 0 Å². The lowest BCUT2D eigenvalue weighted by Gasteiger charge is -2.13. The molecule has 7 nitrogen and oxygen atoms in total. The topological polar surface area (TPSA) is 80.5 Å². The van der Waals surface area contributed by atoms with Crippen molar-refractivity contribution in [2.24, 2.45) is 0 Å². The average Bonchev–Trinajstić information content (AvgIpc) is 3.06. The van der Waals surface area contributed by atoms with Gasteiger partial charge < -0.3 is 14.6 Å². The molecule has 2 rings (SSSR count). The second-order valence-corrected chi connectivity index (χ2v) is 5.96. The van der Waals surface area contributed by atoms with Gasteiger partial charge in [0.15, 0.2) is 0 Å². The van der Waals surface area contributed by atoms with Gasteiger partial charge in [0.05, 0.1) is 18.7 Å². The van der Waals surface area contributed by atoms with E-state index in [0.717, 1.165) is 18.6 Å². The van der Waals surface area contributed by atoms with E-state index < -0.39 is 11.7 Å². The van der Waals surface area contributed by atoms with Gasteiger partial charge in [-0.3, -0.25) is 9.69 Å². The first-order valence-corrected chi connectivity index (χ1v) is 8.24. The molecule has 0 aliphatic rings. The van der Waals surface area contributed by atoms with Crippen molar-refractivity contribution in [2.75, 3.05) is 33.9 Å². The number of halogens is 3. The van der Waals surface area contributed by atoms with Crippen LogP contribution in [-0.4, -0.2) is 54.8 Å². The van der Waals surface area contributed by atoms with E-state index in [1.807, 2.05) is 0 Å². The van der Waals surface area contributed by atoms with Crippen molar-refractivity contribution in [3.63, 3.8) is 0 Å². The summed E-state index contributed by atoms with van der Waals surface area (Å²) in [4.78, 5) is 17.6. The molecule has 0 aliphatic heterocycles. The quantitative estimate of drug-likeness (QED) is 0.667. The smallest absolute Gasteiger partial charge is 0.385 e. The molecule has 10 heteroatoms. The van der Waals surface area contributed by atoms with Crippen LogP contribution < -0.4 is 5.32 Å². The number of alkyl halides is 3. The van der Waals surface area contributed by atoms with Gasteiger partial charge in [0.1, 0.15) is 0 Å². The fourth-order valence-corrected chi connectivity index (χ4v) is 2.30. The molecule has 0 spiro atoms. The highest BCUT2D eigenvalue weighted by Gasteiger charge is 2.30. The average molecular weight is 386 g/mol. The van der Waals surface area contributed by atoms with Gasteiger partial charge in [0.2, 0.25) is 17.6 Å². The fourth-order valence-electron chi connectivity index (χ4n) is 2.30. The number of carbonyl (C=O) groups is 1. The van der Waals surface area contributed by atoms with Gasteiger partial charge in [0.25, 0.3) is 0 Å². The maximum absolute atomic E-state index is 12.8. The largest absolute Gasteiger partial charge is 0.416 e. The maximum atomic E-state index is 12.8. The highest BCUT2D eigenvalue weighted by atomic mass is 19.4. The number of amides is 1. The lowest BCUT2D eigenvalue weighted by molar-refractivity contribution is -0.137. The zero-order valence-electron chi connectivity index (χ0n) is 15.0. The number of nitrogens with one attached hydrogen (secondary N) is 1. The van der Waals surface area contributed by atoms with E-state index in [-0.39, 0.29) is 36.3 Å². The molecule has 2 aromatic rings. The van der Waals surface area contributed by atoms with Gasteiger partial charge in [-0.2, -0.15) is 18.2 Å². The predicted octanol–water partition coefficient (Wildman–Crippen LogP) is 2.34. The van der Waals surface area contributed by atoms with E-state index in [4.69, 9.17) is 9.26 Å². The van der Waals surface area contributed by atoms with Gasteiger partial charge in [-0.1, -0.05) is 17.3 Å². The monoisotopic (exact) mass is 386 g/mol. The molecule has 0 unspecified atom stereocenters. The Balaban J connectivity index is 1.91. The van der Waals surface area contributed by atoms with Crippen molar-refractivity contribution in [2.45, 2.75) is 19.1 Å². The Hall–Kier alpha value is -2.46. The van der Waals surface area contributed by atoms with E-state index in [1.54, 1.807) is 19.1 Å². The van der Waals surface area contributed by atoms with Gasteiger partial charge in [0, 0.05) is 25.8 Å². The standard InChI is InChI=1S/C17H21F3N4O3/c1-24(10-14(25)21-7-4-8-26-2)11-15-22-16(23-27-15)12-5-3-6-13(9-12)17(18,19)20/h3,5-6,9H,4,7-8,10-11H2,1-2H3,(H,21,25). The zero-order chi connectivity index (χ0) is 19.9. The molecule has 0 saturated carbocycles. The van der Waals surface area contributed by atoms with Crippen molar-refractivity contribution in [3.8, 4) is 11.4 Å².